The van der Waals surface area contributed by atoms with E-state index in [9.17, 15) is 17.2 Å². The smallest absolute Gasteiger partial charge is 0.246 e. The monoisotopic (exact) mass is 464 g/mol. The average molecular weight is 465 g/mol. The first-order chi connectivity index (χ1) is 13.4. The van der Waals surface area contributed by atoms with Crippen molar-refractivity contribution in [1.82, 2.24) is 0 Å². The first kappa shape index (κ1) is 18.9. The summed E-state index contributed by atoms with van der Waals surface area (Å²) in [7, 11) is -4.16. The number of fused-ring (bicyclic) bond motifs is 1. The van der Waals surface area contributed by atoms with E-state index < -0.39 is 21.8 Å². The van der Waals surface area contributed by atoms with Crippen molar-refractivity contribution in [3.05, 3.63) is 89.5 Å². The normalized spacial score (nSPS) is 15.0. The highest BCUT2D eigenvalue weighted by Crippen LogP contribution is 2.46. The predicted octanol–water partition coefficient (Wildman–Crippen LogP) is 5.26. The summed E-state index contributed by atoms with van der Waals surface area (Å²) >= 11 is 3.41. The Labute approximate surface area is 170 Å². The lowest BCUT2D eigenvalue weighted by atomic mass is 10.1. The number of hydrogen-bond acceptors (Lipinski definition) is 2. The van der Waals surface area contributed by atoms with E-state index in [4.69, 9.17) is 0 Å². The van der Waals surface area contributed by atoms with E-state index in [-0.39, 0.29) is 17.9 Å². The standard InChI is InChI=1S/C20H15BrF2N2O2S/c21-12-14-6-1-2-7-15(14)13-24-17-9-3-4-10-18(17)25(28(24,26)27)19-11-5-8-16(22)20(19)23/h1-11H,12-13H2. The van der Waals surface area contributed by atoms with E-state index in [1.165, 1.54) is 16.4 Å². The van der Waals surface area contributed by atoms with Crippen LogP contribution in [0, 0.1) is 11.6 Å². The van der Waals surface area contributed by atoms with E-state index in [1.54, 1.807) is 24.3 Å². The van der Waals surface area contributed by atoms with Crippen LogP contribution >= 0.6 is 15.9 Å². The Hall–Kier alpha value is -2.45. The summed E-state index contributed by atoms with van der Waals surface area (Å²) in [6.07, 6.45) is 0. The molecule has 1 aliphatic heterocycles. The Morgan fingerprint density at radius 2 is 1.39 bits per heavy atom. The van der Waals surface area contributed by atoms with Crippen molar-refractivity contribution in [2.45, 2.75) is 11.9 Å². The minimum Gasteiger partial charge on any atom is -0.246 e. The van der Waals surface area contributed by atoms with Gasteiger partial charge in [0.2, 0.25) is 0 Å². The van der Waals surface area contributed by atoms with Crippen molar-refractivity contribution in [1.29, 1.82) is 0 Å². The fraction of sp³-hybridized carbons (Fsp3) is 0.100. The molecule has 144 valence electrons. The van der Waals surface area contributed by atoms with Gasteiger partial charge in [-0.1, -0.05) is 58.4 Å². The summed E-state index contributed by atoms with van der Waals surface area (Å²) in [6.45, 7) is 0.0779. The molecular weight excluding hydrogens is 450 g/mol. The van der Waals surface area contributed by atoms with Crippen LogP contribution in [0.2, 0.25) is 0 Å². The number of benzene rings is 3. The van der Waals surface area contributed by atoms with Crippen LogP contribution in [0.1, 0.15) is 11.1 Å². The number of halogens is 3. The lowest BCUT2D eigenvalue weighted by Crippen LogP contribution is -2.35. The van der Waals surface area contributed by atoms with Crippen LogP contribution in [0.3, 0.4) is 0 Å². The highest BCUT2D eigenvalue weighted by atomic mass is 79.9. The van der Waals surface area contributed by atoms with E-state index in [2.05, 4.69) is 15.9 Å². The number of nitrogens with zero attached hydrogens (tertiary/aromatic N) is 2. The van der Waals surface area contributed by atoms with Gasteiger partial charge in [0.05, 0.1) is 23.6 Å². The second kappa shape index (κ2) is 7.18. The van der Waals surface area contributed by atoms with Gasteiger partial charge in [0.25, 0.3) is 0 Å². The topological polar surface area (TPSA) is 40.6 Å². The van der Waals surface area contributed by atoms with Crippen molar-refractivity contribution < 1.29 is 17.2 Å². The summed E-state index contributed by atoms with van der Waals surface area (Å²) in [5.74, 6) is -2.31. The van der Waals surface area contributed by atoms with Gasteiger partial charge in [0.1, 0.15) is 0 Å². The molecule has 3 aromatic carbocycles. The first-order valence-corrected chi connectivity index (χ1v) is 11.0. The maximum Gasteiger partial charge on any atom is 0.331 e. The van der Waals surface area contributed by atoms with Crippen molar-refractivity contribution in [3.63, 3.8) is 0 Å². The molecule has 1 aliphatic rings. The number of hydrogen-bond donors (Lipinski definition) is 0. The first-order valence-electron chi connectivity index (χ1n) is 8.44. The molecule has 28 heavy (non-hydrogen) atoms. The molecule has 0 bridgehead atoms. The van der Waals surface area contributed by atoms with Crippen LogP contribution in [0.15, 0.2) is 66.7 Å². The molecule has 0 radical (unpaired) electrons. The zero-order valence-corrected chi connectivity index (χ0v) is 16.9. The molecule has 0 saturated heterocycles. The van der Waals surface area contributed by atoms with Gasteiger partial charge in [-0.25, -0.2) is 17.4 Å². The molecule has 0 amide bonds. The quantitative estimate of drug-likeness (QED) is 0.493. The molecule has 0 unspecified atom stereocenters. The van der Waals surface area contributed by atoms with Crippen LogP contribution < -0.4 is 8.61 Å². The Bertz CT molecular complexity index is 1150. The minimum atomic E-state index is -4.16. The summed E-state index contributed by atoms with van der Waals surface area (Å²) in [5, 5.41) is 0.570. The van der Waals surface area contributed by atoms with Gasteiger partial charge < -0.3 is 0 Å². The van der Waals surface area contributed by atoms with E-state index in [0.29, 0.717) is 11.0 Å². The molecule has 0 spiro atoms. The highest BCUT2D eigenvalue weighted by molar-refractivity contribution is 9.08. The molecule has 1 heterocycles. The average Bonchev–Trinajstić information content (AvgIpc) is 2.91. The maximum atomic E-state index is 14.5. The summed E-state index contributed by atoms with van der Waals surface area (Å²) in [6, 6.07) is 17.6. The zero-order valence-electron chi connectivity index (χ0n) is 14.5. The Morgan fingerprint density at radius 1 is 0.786 bits per heavy atom. The number of rotatable bonds is 4. The van der Waals surface area contributed by atoms with Crippen LogP contribution in [-0.2, 0) is 22.1 Å². The predicted molar refractivity (Wildman–Crippen MR) is 109 cm³/mol. The molecule has 4 nitrogen and oxygen atoms in total. The van der Waals surface area contributed by atoms with Crippen LogP contribution in [0.4, 0.5) is 25.8 Å². The molecule has 8 heteroatoms. The van der Waals surface area contributed by atoms with Crippen LogP contribution in [-0.4, -0.2) is 8.42 Å². The molecule has 0 aromatic heterocycles. The second-order valence-electron chi connectivity index (χ2n) is 6.24. The van der Waals surface area contributed by atoms with Crippen LogP contribution in [0.25, 0.3) is 0 Å². The van der Waals surface area contributed by atoms with Crippen molar-refractivity contribution in [2.75, 3.05) is 8.61 Å². The van der Waals surface area contributed by atoms with Gasteiger partial charge in [0.15, 0.2) is 11.6 Å². The molecule has 0 N–H and O–H groups in total. The van der Waals surface area contributed by atoms with E-state index >= 15 is 0 Å². The summed E-state index contributed by atoms with van der Waals surface area (Å²) < 4.78 is 57.1. The zero-order chi connectivity index (χ0) is 19.9. The molecule has 0 atom stereocenters. The summed E-state index contributed by atoms with van der Waals surface area (Å²) in [4.78, 5) is 0. The van der Waals surface area contributed by atoms with Gasteiger partial charge in [-0.2, -0.15) is 8.42 Å². The SMILES string of the molecule is O=S1(=O)N(Cc2ccccc2CBr)c2ccccc2N1c1cccc(F)c1F. The molecule has 0 saturated carbocycles. The lowest BCUT2D eigenvalue weighted by molar-refractivity contribution is 0.510. The third-order valence-electron chi connectivity index (χ3n) is 4.60. The van der Waals surface area contributed by atoms with Crippen molar-refractivity contribution in [3.8, 4) is 0 Å². The number of para-hydroxylation sites is 2. The van der Waals surface area contributed by atoms with Crippen molar-refractivity contribution >= 4 is 43.2 Å². The number of alkyl halides is 1. The Balaban J connectivity index is 1.87. The van der Waals surface area contributed by atoms with Crippen LogP contribution in [0.5, 0.6) is 0 Å². The molecule has 0 aliphatic carbocycles. The highest BCUT2D eigenvalue weighted by Gasteiger charge is 2.42. The molecular formula is C20H15BrF2N2O2S. The van der Waals surface area contributed by atoms with Gasteiger partial charge in [0, 0.05) is 5.33 Å². The molecule has 3 aromatic rings. The third-order valence-corrected chi connectivity index (χ3v) is 6.95. The van der Waals surface area contributed by atoms with Gasteiger partial charge in [-0.15, -0.1) is 0 Å². The van der Waals surface area contributed by atoms with E-state index in [0.717, 1.165) is 21.5 Å². The van der Waals surface area contributed by atoms with Crippen molar-refractivity contribution in [2.24, 2.45) is 0 Å². The summed E-state index contributed by atoms with van der Waals surface area (Å²) in [5.41, 5.74) is 2.12. The van der Waals surface area contributed by atoms with Gasteiger partial charge in [-0.05, 0) is 35.4 Å². The minimum absolute atomic E-state index is 0.0779. The molecule has 0 fully saturated rings. The Kier molecular flexibility index (Phi) is 4.84. The third kappa shape index (κ3) is 2.97. The fourth-order valence-corrected chi connectivity index (χ4v) is 5.50. The molecule has 4 rings (SSSR count). The second-order valence-corrected chi connectivity index (χ2v) is 8.51. The number of anilines is 3. The largest absolute Gasteiger partial charge is 0.331 e. The Morgan fingerprint density at radius 3 is 2.11 bits per heavy atom. The van der Waals surface area contributed by atoms with Gasteiger partial charge in [-0.3, -0.25) is 0 Å². The fourth-order valence-electron chi connectivity index (χ4n) is 3.26. The van der Waals surface area contributed by atoms with E-state index in [1.807, 2.05) is 24.3 Å². The maximum absolute atomic E-state index is 14.5. The lowest BCUT2D eigenvalue weighted by Gasteiger charge is -2.23. The van der Waals surface area contributed by atoms with Gasteiger partial charge >= 0.3 is 10.2 Å².